The highest BCUT2D eigenvalue weighted by molar-refractivity contribution is 6.30. The molecule has 0 unspecified atom stereocenters. The van der Waals surface area contributed by atoms with E-state index in [1.807, 2.05) is 36.2 Å². The lowest BCUT2D eigenvalue weighted by atomic mass is 10.2. The highest BCUT2D eigenvalue weighted by Gasteiger charge is 2.21. The van der Waals surface area contributed by atoms with E-state index in [1.54, 1.807) is 12.1 Å². The monoisotopic (exact) mass is 373 g/mol. The van der Waals surface area contributed by atoms with Crippen molar-refractivity contribution in [2.75, 3.05) is 39.3 Å². The molecule has 1 aliphatic heterocycles. The van der Waals surface area contributed by atoms with E-state index >= 15 is 0 Å². The van der Waals surface area contributed by atoms with Gasteiger partial charge in [0.2, 0.25) is 0 Å². The minimum absolute atomic E-state index is 0.0312. The van der Waals surface area contributed by atoms with Gasteiger partial charge in [-0.25, -0.2) is 0 Å². The van der Waals surface area contributed by atoms with Crippen molar-refractivity contribution >= 4 is 17.5 Å². The maximum atomic E-state index is 12.4. The number of piperazine rings is 1. The first kappa shape index (κ1) is 18.7. The van der Waals surface area contributed by atoms with Crippen LogP contribution in [-0.2, 0) is 11.2 Å². The zero-order chi connectivity index (χ0) is 18.4. The predicted molar refractivity (Wildman–Crippen MR) is 103 cm³/mol. The molecule has 0 spiro atoms. The van der Waals surface area contributed by atoms with Crippen LogP contribution in [0.3, 0.4) is 0 Å². The Balaban J connectivity index is 1.40. The van der Waals surface area contributed by atoms with Gasteiger partial charge in [0.15, 0.2) is 6.61 Å². The molecule has 1 fully saturated rings. The summed E-state index contributed by atoms with van der Waals surface area (Å²) in [4.78, 5) is 21.0. The summed E-state index contributed by atoms with van der Waals surface area (Å²) in [5.74, 6) is 0.737. The van der Waals surface area contributed by atoms with Gasteiger partial charge in [-0.2, -0.15) is 0 Å². The van der Waals surface area contributed by atoms with Crippen molar-refractivity contribution in [3.05, 3.63) is 58.9 Å². The van der Waals surface area contributed by atoms with Crippen LogP contribution in [0.1, 0.15) is 11.3 Å². The SMILES string of the molecule is Cc1cc(Cl)ccc1OCC(=O)N1CCN(CCc2ccccn2)CC1. The molecular weight excluding hydrogens is 350 g/mol. The van der Waals surface area contributed by atoms with E-state index < -0.39 is 0 Å². The largest absolute Gasteiger partial charge is 0.483 e. The number of nitrogens with zero attached hydrogens (tertiary/aromatic N) is 3. The molecule has 1 aromatic heterocycles. The average molecular weight is 374 g/mol. The molecule has 138 valence electrons. The molecule has 2 aromatic rings. The molecule has 0 saturated carbocycles. The molecule has 0 atom stereocenters. The lowest BCUT2D eigenvalue weighted by Crippen LogP contribution is -2.50. The van der Waals surface area contributed by atoms with Crippen molar-refractivity contribution in [3.63, 3.8) is 0 Å². The van der Waals surface area contributed by atoms with Crippen LogP contribution in [0.5, 0.6) is 5.75 Å². The van der Waals surface area contributed by atoms with E-state index in [4.69, 9.17) is 16.3 Å². The highest BCUT2D eigenvalue weighted by atomic mass is 35.5. The fraction of sp³-hybridized carbons (Fsp3) is 0.400. The minimum atomic E-state index is 0.0312. The Morgan fingerprint density at radius 3 is 2.69 bits per heavy atom. The molecule has 2 heterocycles. The van der Waals surface area contributed by atoms with Crippen molar-refractivity contribution in [1.82, 2.24) is 14.8 Å². The Labute approximate surface area is 159 Å². The zero-order valence-electron chi connectivity index (χ0n) is 15.0. The van der Waals surface area contributed by atoms with E-state index in [9.17, 15) is 4.79 Å². The van der Waals surface area contributed by atoms with Crippen LogP contribution in [0.4, 0.5) is 0 Å². The van der Waals surface area contributed by atoms with Gasteiger partial charge in [-0.1, -0.05) is 17.7 Å². The number of carbonyl (C=O) groups is 1. The second-order valence-corrected chi connectivity index (χ2v) is 6.93. The van der Waals surface area contributed by atoms with E-state index in [1.165, 1.54) is 0 Å². The smallest absolute Gasteiger partial charge is 0.260 e. The van der Waals surface area contributed by atoms with Gasteiger partial charge in [0.05, 0.1) is 0 Å². The lowest BCUT2D eigenvalue weighted by molar-refractivity contribution is -0.135. The Kier molecular flexibility index (Phi) is 6.47. The number of ether oxygens (including phenoxy) is 1. The summed E-state index contributed by atoms with van der Waals surface area (Å²) >= 11 is 5.94. The maximum absolute atomic E-state index is 12.4. The van der Waals surface area contributed by atoms with Crippen molar-refractivity contribution in [2.24, 2.45) is 0 Å². The quantitative estimate of drug-likeness (QED) is 0.781. The number of halogens is 1. The van der Waals surface area contributed by atoms with Gasteiger partial charge in [-0.05, 0) is 42.8 Å². The topological polar surface area (TPSA) is 45.7 Å². The molecule has 0 aliphatic carbocycles. The number of hydrogen-bond acceptors (Lipinski definition) is 4. The number of hydrogen-bond donors (Lipinski definition) is 0. The van der Waals surface area contributed by atoms with E-state index in [2.05, 4.69) is 16.0 Å². The molecule has 0 N–H and O–H groups in total. The number of carbonyl (C=O) groups excluding carboxylic acids is 1. The fourth-order valence-electron chi connectivity index (χ4n) is 3.05. The molecule has 5 nitrogen and oxygen atoms in total. The minimum Gasteiger partial charge on any atom is -0.483 e. The standard InChI is InChI=1S/C20H24ClN3O2/c1-16-14-17(21)5-6-19(16)26-15-20(25)24-12-10-23(11-13-24)9-7-18-4-2-3-8-22-18/h2-6,8,14H,7,9-13,15H2,1H3. The summed E-state index contributed by atoms with van der Waals surface area (Å²) in [7, 11) is 0. The second kappa shape index (κ2) is 9.01. The molecule has 6 heteroatoms. The maximum Gasteiger partial charge on any atom is 0.260 e. The normalized spacial score (nSPS) is 15.1. The molecule has 1 amide bonds. The van der Waals surface area contributed by atoms with Crippen LogP contribution in [-0.4, -0.2) is 60.0 Å². The average Bonchev–Trinajstić information content (AvgIpc) is 2.67. The van der Waals surface area contributed by atoms with E-state index in [0.717, 1.165) is 50.4 Å². The van der Waals surface area contributed by atoms with Crippen molar-refractivity contribution in [3.8, 4) is 5.75 Å². The number of aromatic nitrogens is 1. The van der Waals surface area contributed by atoms with Crippen LogP contribution in [0.15, 0.2) is 42.6 Å². The Morgan fingerprint density at radius 1 is 1.19 bits per heavy atom. The molecule has 1 saturated heterocycles. The second-order valence-electron chi connectivity index (χ2n) is 6.49. The molecular formula is C20H24ClN3O2. The third-order valence-corrected chi connectivity index (χ3v) is 4.86. The Bertz CT molecular complexity index is 731. The number of benzene rings is 1. The van der Waals surface area contributed by atoms with Crippen molar-refractivity contribution < 1.29 is 9.53 Å². The Morgan fingerprint density at radius 2 is 2.00 bits per heavy atom. The van der Waals surface area contributed by atoms with Gasteiger partial charge in [0.1, 0.15) is 5.75 Å². The molecule has 1 aliphatic rings. The first-order valence-corrected chi connectivity index (χ1v) is 9.28. The van der Waals surface area contributed by atoms with Gasteiger partial charge in [0.25, 0.3) is 5.91 Å². The Hall–Kier alpha value is -2.11. The predicted octanol–water partition coefficient (Wildman–Crippen LogP) is 2.81. The van der Waals surface area contributed by atoms with Crippen LogP contribution in [0.25, 0.3) is 0 Å². The molecule has 3 rings (SSSR count). The van der Waals surface area contributed by atoms with Crippen LogP contribution < -0.4 is 4.74 Å². The van der Waals surface area contributed by atoms with Gasteiger partial charge >= 0.3 is 0 Å². The zero-order valence-corrected chi connectivity index (χ0v) is 15.8. The van der Waals surface area contributed by atoms with E-state index in [0.29, 0.717) is 10.8 Å². The third-order valence-electron chi connectivity index (χ3n) is 4.62. The number of pyridine rings is 1. The van der Waals surface area contributed by atoms with Gasteiger partial charge in [-0.3, -0.25) is 14.7 Å². The van der Waals surface area contributed by atoms with Gasteiger partial charge in [0, 0.05) is 56.1 Å². The van der Waals surface area contributed by atoms with E-state index in [-0.39, 0.29) is 12.5 Å². The third kappa shape index (κ3) is 5.19. The summed E-state index contributed by atoms with van der Waals surface area (Å²) < 4.78 is 5.67. The van der Waals surface area contributed by atoms with Crippen LogP contribution in [0.2, 0.25) is 5.02 Å². The summed E-state index contributed by atoms with van der Waals surface area (Å²) in [6, 6.07) is 11.4. The molecule has 1 aromatic carbocycles. The summed E-state index contributed by atoms with van der Waals surface area (Å²) in [6.07, 6.45) is 2.77. The summed E-state index contributed by atoms with van der Waals surface area (Å²) in [5.41, 5.74) is 2.04. The molecule has 0 bridgehead atoms. The number of amides is 1. The first-order valence-electron chi connectivity index (χ1n) is 8.91. The van der Waals surface area contributed by atoms with Crippen LogP contribution >= 0.6 is 11.6 Å². The van der Waals surface area contributed by atoms with Crippen molar-refractivity contribution in [1.29, 1.82) is 0 Å². The molecule has 26 heavy (non-hydrogen) atoms. The van der Waals surface area contributed by atoms with Crippen LogP contribution in [0, 0.1) is 6.92 Å². The molecule has 0 radical (unpaired) electrons. The number of aryl methyl sites for hydroxylation is 1. The first-order chi connectivity index (χ1) is 12.6. The van der Waals surface area contributed by atoms with Gasteiger partial charge in [-0.15, -0.1) is 0 Å². The lowest BCUT2D eigenvalue weighted by Gasteiger charge is -2.34. The fourth-order valence-corrected chi connectivity index (χ4v) is 3.27. The summed E-state index contributed by atoms with van der Waals surface area (Å²) in [6.45, 7) is 6.22. The summed E-state index contributed by atoms with van der Waals surface area (Å²) in [5, 5.41) is 0.669. The highest BCUT2D eigenvalue weighted by Crippen LogP contribution is 2.21. The number of rotatable bonds is 6. The van der Waals surface area contributed by atoms with Gasteiger partial charge < -0.3 is 9.64 Å². The van der Waals surface area contributed by atoms with Crippen molar-refractivity contribution in [2.45, 2.75) is 13.3 Å².